The highest BCUT2D eigenvalue weighted by Crippen LogP contribution is 2.25. The van der Waals surface area contributed by atoms with Gasteiger partial charge in [0.15, 0.2) is 0 Å². The van der Waals surface area contributed by atoms with E-state index in [0.29, 0.717) is 11.8 Å². The van der Waals surface area contributed by atoms with E-state index >= 15 is 0 Å². The summed E-state index contributed by atoms with van der Waals surface area (Å²) in [6.07, 6.45) is 2.32. The topological polar surface area (TPSA) is 66.4 Å². The first-order chi connectivity index (χ1) is 8.18. The minimum Gasteiger partial charge on any atom is -0.477 e. The Labute approximate surface area is 107 Å². The minimum atomic E-state index is -1.04. The van der Waals surface area contributed by atoms with Gasteiger partial charge in [-0.05, 0) is 30.0 Å². The number of carboxylic acid groups (broad SMARTS) is 1. The number of carbonyl (C=O) groups excluding carboxylic acids is 1. The average Bonchev–Trinajstić information content (AvgIpc) is 2.96. The molecule has 0 bridgehead atoms. The van der Waals surface area contributed by atoms with Gasteiger partial charge in [-0.3, -0.25) is 4.79 Å². The van der Waals surface area contributed by atoms with Gasteiger partial charge in [-0.1, -0.05) is 0 Å². The fraction of sp³-hybridized carbons (Fsp3) is 0.455. The van der Waals surface area contributed by atoms with Crippen molar-refractivity contribution in [3.63, 3.8) is 0 Å². The number of rotatable bonds is 4. The van der Waals surface area contributed by atoms with Crippen LogP contribution >= 0.6 is 23.1 Å². The number of carbonyl (C=O) groups is 2. The van der Waals surface area contributed by atoms with E-state index in [9.17, 15) is 9.59 Å². The average molecular weight is 271 g/mol. The lowest BCUT2D eigenvalue weighted by atomic mass is 10.2. The molecule has 0 spiro atoms. The lowest BCUT2D eigenvalue weighted by molar-refractivity contribution is 0.0696. The van der Waals surface area contributed by atoms with E-state index in [0.717, 1.165) is 23.5 Å². The van der Waals surface area contributed by atoms with Crippen LogP contribution in [-0.2, 0) is 0 Å². The maximum Gasteiger partial charge on any atom is 0.346 e. The van der Waals surface area contributed by atoms with E-state index in [2.05, 4.69) is 5.32 Å². The van der Waals surface area contributed by atoms with Gasteiger partial charge in [0.2, 0.25) is 0 Å². The molecule has 1 aliphatic heterocycles. The smallest absolute Gasteiger partial charge is 0.346 e. The van der Waals surface area contributed by atoms with E-state index < -0.39 is 5.97 Å². The van der Waals surface area contributed by atoms with Crippen molar-refractivity contribution < 1.29 is 14.7 Å². The number of hydrogen-bond donors (Lipinski definition) is 2. The molecular formula is C11H13NO3S2. The Hall–Kier alpha value is -1.01. The van der Waals surface area contributed by atoms with Gasteiger partial charge in [-0.2, -0.15) is 11.8 Å². The molecule has 1 unspecified atom stereocenters. The highest BCUT2D eigenvalue weighted by molar-refractivity contribution is 8.00. The summed E-state index contributed by atoms with van der Waals surface area (Å²) >= 11 is 2.94. The third kappa shape index (κ3) is 3.01. The van der Waals surface area contributed by atoms with Crippen LogP contribution in [0.3, 0.4) is 0 Å². The van der Waals surface area contributed by atoms with Crippen molar-refractivity contribution in [2.45, 2.75) is 18.1 Å². The van der Waals surface area contributed by atoms with Crippen molar-refractivity contribution in [2.75, 3.05) is 12.3 Å². The molecule has 2 heterocycles. The molecule has 0 saturated carbocycles. The molecule has 1 atom stereocenters. The summed E-state index contributed by atoms with van der Waals surface area (Å²) in [7, 11) is 0. The van der Waals surface area contributed by atoms with Gasteiger partial charge in [0.25, 0.3) is 5.91 Å². The van der Waals surface area contributed by atoms with Crippen LogP contribution in [0.2, 0.25) is 0 Å². The SMILES string of the molecule is O=C(NCC1CCCS1)c1ccsc1C(=O)O. The summed E-state index contributed by atoms with van der Waals surface area (Å²) < 4.78 is 0. The Morgan fingerprint density at radius 3 is 3.00 bits per heavy atom. The fourth-order valence-electron chi connectivity index (χ4n) is 1.76. The molecule has 0 radical (unpaired) electrons. The predicted octanol–water partition coefficient (Wildman–Crippen LogP) is 2.07. The lowest BCUT2D eigenvalue weighted by Gasteiger charge is -2.09. The van der Waals surface area contributed by atoms with Gasteiger partial charge in [-0.25, -0.2) is 4.79 Å². The number of nitrogens with one attached hydrogen (secondary N) is 1. The molecule has 17 heavy (non-hydrogen) atoms. The Morgan fingerprint density at radius 1 is 1.53 bits per heavy atom. The zero-order valence-corrected chi connectivity index (χ0v) is 10.8. The van der Waals surface area contributed by atoms with Gasteiger partial charge >= 0.3 is 5.97 Å². The Kier molecular flexibility index (Phi) is 4.06. The summed E-state index contributed by atoms with van der Waals surface area (Å²) in [5.41, 5.74) is 0.269. The minimum absolute atomic E-state index is 0.113. The van der Waals surface area contributed by atoms with Gasteiger partial charge in [0, 0.05) is 11.8 Å². The third-order valence-electron chi connectivity index (χ3n) is 2.62. The molecule has 2 rings (SSSR count). The zero-order chi connectivity index (χ0) is 12.3. The molecule has 0 aromatic carbocycles. The van der Waals surface area contributed by atoms with Gasteiger partial charge in [0.05, 0.1) is 5.56 Å². The molecule has 1 fully saturated rings. The maximum atomic E-state index is 11.8. The van der Waals surface area contributed by atoms with Crippen molar-refractivity contribution in [2.24, 2.45) is 0 Å². The number of carboxylic acids is 1. The van der Waals surface area contributed by atoms with Crippen molar-refractivity contribution in [1.82, 2.24) is 5.32 Å². The number of aromatic carboxylic acids is 1. The van der Waals surface area contributed by atoms with Crippen LogP contribution in [0.1, 0.15) is 32.9 Å². The van der Waals surface area contributed by atoms with Crippen molar-refractivity contribution in [1.29, 1.82) is 0 Å². The fourth-order valence-corrected chi connectivity index (χ4v) is 3.69. The normalized spacial score (nSPS) is 19.2. The maximum absolute atomic E-state index is 11.8. The second-order valence-electron chi connectivity index (χ2n) is 3.81. The molecule has 1 saturated heterocycles. The van der Waals surface area contributed by atoms with Crippen LogP contribution in [0.5, 0.6) is 0 Å². The summed E-state index contributed by atoms with van der Waals surface area (Å²) in [6.45, 7) is 0.623. The second kappa shape index (κ2) is 5.55. The van der Waals surface area contributed by atoms with E-state index in [1.165, 1.54) is 6.42 Å². The summed E-state index contributed by atoms with van der Waals surface area (Å²) in [4.78, 5) is 22.8. The van der Waals surface area contributed by atoms with E-state index in [1.54, 1.807) is 11.4 Å². The second-order valence-corrected chi connectivity index (χ2v) is 6.14. The number of amides is 1. The molecule has 1 aromatic heterocycles. The molecular weight excluding hydrogens is 258 g/mol. The first-order valence-electron chi connectivity index (χ1n) is 5.39. The number of thiophene rings is 1. The highest BCUT2D eigenvalue weighted by Gasteiger charge is 2.20. The Morgan fingerprint density at radius 2 is 2.35 bits per heavy atom. The first-order valence-corrected chi connectivity index (χ1v) is 7.32. The van der Waals surface area contributed by atoms with E-state index in [1.807, 2.05) is 11.8 Å². The predicted molar refractivity (Wildman–Crippen MR) is 69.1 cm³/mol. The van der Waals surface area contributed by atoms with Gasteiger partial charge in [0.1, 0.15) is 4.88 Å². The van der Waals surface area contributed by atoms with Crippen LogP contribution in [0.15, 0.2) is 11.4 Å². The molecule has 0 aliphatic carbocycles. The van der Waals surface area contributed by atoms with Crippen molar-refractivity contribution in [3.8, 4) is 0 Å². The highest BCUT2D eigenvalue weighted by atomic mass is 32.2. The quantitative estimate of drug-likeness (QED) is 0.880. The van der Waals surface area contributed by atoms with Gasteiger partial charge in [-0.15, -0.1) is 11.3 Å². The van der Waals surface area contributed by atoms with Crippen molar-refractivity contribution >= 4 is 35.0 Å². The molecule has 92 valence electrons. The molecule has 4 nitrogen and oxygen atoms in total. The van der Waals surface area contributed by atoms with Crippen LogP contribution in [-0.4, -0.2) is 34.5 Å². The molecule has 1 amide bonds. The molecule has 1 aromatic rings. The molecule has 1 aliphatic rings. The van der Waals surface area contributed by atoms with E-state index in [-0.39, 0.29) is 16.3 Å². The Bertz CT molecular complexity index is 424. The summed E-state index contributed by atoms with van der Waals surface area (Å²) in [5, 5.41) is 13.8. The monoisotopic (exact) mass is 271 g/mol. The zero-order valence-electron chi connectivity index (χ0n) is 9.14. The van der Waals surface area contributed by atoms with E-state index in [4.69, 9.17) is 5.11 Å². The standard InChI is InChI=1S/C11H13NO3S2/c13-10(12-6-7-2-1-4-16-7)8-3-5-17-9(8)11(14)15/h3,5,7H,1-2,4,6H2,(H,12,13)(H,14,15). The van der Waals surface area contributed by atoms with Crippen molar-refractivity contribution in [3.05, 3.63) is 21.9 Å². The van der Waals surface area contributed by atoms with Gasteiger partial charge < -0.3 is 10.4 Å². The first kappa shape index (κ1) is 12.4. The molecule has 6 heteroatoms. The Balaban J connectivity index is 1.94. The number of hydrogen-bond acceptors (Lipinski definition) is 4. The van der Waals surface area contributed by atoms with Crippen LogP contribution in [0, 0.1) is 0 Å². The summed E-state index contributed by atoms with van der Waals surface area (Å²) in [5.74, 6) is -0.170. The summed E-state index contributed by atoms with van der Waals surface area (Å²) in [6, 6.07) is 1.56. The van der Waals surface area contributed by atoms with Crippen LogP contribution < -0.4 is 5.32 Å². The molecule has 2 N–H and O–H groups in total. The lowest BCUT2D eigenvalue weighted by Crippen LogP contribution is -2.30. The largest absolute Gasteiger partial charge is 0.477 e. The van der Waals surface area contributed by atoms with Crippen LogP contribution in [0.4, 0.5) is 0 Å². The third-order valence-corrected chi connectivity index (χ3v) is 4.92. The number of thioether (sulfide) groups is 1. The van der Waals surface area contributed by atoms with Crippen LogP contribution in [0.25, 0.3) is 0 Å².